The summed E-state index contributed by atoms with van der Waals surface area (Å²) in [4.78, 5) is 11.4. The molecule has 0 bridgehead atoms. The van der Waals surface area contributed by atoms with Crippen LogP contribution in [0.1, 0.15) is 16.7 Å². The first kappa shape index (κ1) is 21.9. The third-order valence-electron chi connectivity index (χ3n) is 3.79. The van der Waals surface area contributed by atoms with Crippen LogP contribution in [-0.2, 0) is 38.9 Å². The number of amides is 1. The maximum absolute atomic E-state index is 12.7. The van der Waals surface area contributed by atoms with Gasteiger partial charge in [0, 0.05) is 13.7 Å². The molecule has 28 heavy (non-hydrogen) atoms. The highest BCUT2D eigenvalue weighted by molar-refractivity contribution is 7.89. The first-order valence-electron chi connectivity index (χ1n) is 8.13. The van der Waals surface area contributed by atoms with Gasteiger partial charge in [0.05, 0.1) is 23.6 Å². The number of hydrogen-bond donors (Lipinski definition) is 2. The minimum Gasteiger partial charge on any atom is -0.380 e. The SMILES string of the molecule is COCc1ccccc1CNC(=O)CNS(=O)(=O)c1cccc(C(F)(F)F)c1. The van der Waals surface area contributed by atoms with Crippen molar-refractivity contribution in [1.82, 2.24) is 10.0 Å². The van der Waals surface area contributed by atoms with Gasteiger partial charge < -0.3 is 10.1 Å². The predicted molar refractivity (Wildman–Crippen MR) is 95.6 cm³/mol. The molecule has 0 saturated carbocycles. The minimum atomic E-state index is -4.67. The Balaban J connectivity index is 1.97. The Bertz CT molecular complexity index is 930. The maximum Gasteiger partial charge on any atom is 0.416 e. The number of hydrogen-bond acceptors (Lipinski definition) is 4. The topological polar surface area (TPSA) is 84.5 Å². The van der Waals surface area contributed by atoms with Crippen molar-refractivity contribution in [2.45, 2.75) is 24.2 Å². The van der Waals surface area contributed by atoms with E-state index in [2.05, 4.69) is 5.32 Å². The summed E-state index contributed by atoms with van der Waals surface area (Å²) in [5.74, 6) is -0.622. The average molecular weight is 416 g/mol. The molecule has 0 heterocycles. The monoisotopic (exact) mass is 416 g/mol. The van der Waals surface area contributed by atoms with Gasteiger partial charge in [-0.25, -0.2) is 13.1 Å². The van der Waals surface area contributed by atoms with Crippen molar-refractivity contribution in [2.75, 3.05) is 13.7 Å². The van der Waals surface area contributed by atoms with E-state index < -0.39 is 39.1 Å². The molecule has 0 unspecified atom stereocenters. The fourth-order valence-corrected chi connectivity index (χ4v) is 3.39. The number of ether oxygens (including phenoxy) is 1. The van der Waals surface area contributed by atoms with Crippen LogP contribution in [0.4, 0.5) is 13.2 Å². The van der Waals surface area contributed by atoms with E-state index in [1.165, 1.54) is 7.11 Å². The molecule has 0 saturated heterocycles. The summed E-state index contributed by atoms with van der Waals surface area (Å²) in [6.07, 6.45) is -4.67. The molecule has 1 amide bonds. The zero-order chi connectivity index (χ0) is 20.8. The molecule has 2 aromatic carbocycles. The fraction of sp³-hybridized carbons (Fsp3) is 0.278. The van der Waals surface area contributed by atoms with Gasteiger partial charge in [-0.3, -0.25) is 4.79 Å². The van der Waals surface area contributed by atoms with E-state index in [4.69, 9.17) is 4.74 Å². The van der Waals surface area contributed by atoms with Gasteiger partial charge in [0.1, 0.15) is 0 Å². The molecule has 152 valence electrons. The lowest BCUT2D eigenvalue weighted by Gasteiger charge is -2.12. The van der Waals surface area contributed by atoms with Crippen molar-refractivity contribution in [2.24, 2.45) is 0 Å². The Morgan fingerprint density at radius 3 is 2.39 bits per heavy atom. The molecule has 0 spiro atoms. The van der Waals surface area contributed by atoms with E-state index >= 15 is 0 Å². The van der Waals surface area contributed by atoms with Gasteiger partial charge in [0.15, 0.2) is 0 Å². The lowest BCUT2D eigenvalue weighted by atomic mass is 10.1. The number of alkyl halides is 3. The van der Waals surface area contributed by atoms with Crippen LogP contribution >= 0.6 is 0 Å². The van der Waals surface area contributed by atoms with Crippen molar-refractivity contribution >= 4 is 15.9 Å². The highest BCUT2D eigenvalue weighted by Gasteiger charge is 2.31. The van der Waals surface area contributed by atoms with E-state index in [0.29, 0.717) is 12.7 Å². The number of halogens is 3. The molecular weight excluding hydrogens is 397 g/mol. The van der Waals surface area contributed by atoms with Crippen molar-refractivity contribution in [3.63, 3.8) is 0 Å². The molecule has 2 N–H and O–H groups in total. The number of rotatable bonds is 8. The summed E-state index contributed by atoms with van der Waals surface area (Å²) in [5.41, 5.74) is 0.586. The molecule has 6 nitrogen and oxygen atoms in total. The maximum atomic E-state index is 12.7. The van der Waals surface area contributed by atoms with E-state index in [0.717, 1.165) is 29.3 Å². The second kappa shape index (κ2) is 9.18. The van der Waals surface area contributed by atoms with Crippen molar-refractivity contribution in [3.05, 3.63) is 65.2 Å². The quantitative estimate of drug-likeness (QED) is 0.692. The Hall–Kier alpha value is -2.43. The summed E-state index contributed by atoms with van der Waals surface area (Å²) in [6.45, 7) is -0.0943. The minimum absolute atomic E-state index is 0.156. The molecule has 2 rings (SSSR count). The van der Waals surface area contributed by atoms with E-state index in [1.54, 1.807) is 12.1 Å². The second-order valence-corrected chi connectivity index (χ2v) is 7.60. The van der Waals surface area contributed by atoms with Crippen LogP contribution in [-0.4, -0.2) is 28.0 Å². The Morgan fingerprint density at radius 2 is 1.75 bits per heavy atom. The first-order chi connectivity index (χ1) is 13.1. The van der Waals surface area contributed by atoms with Gasteiger partial charge >= 0.3 is 6.18 Å². The van der Waals surface area contributed by atoms with Crippen LogP contribution in [0.25, 0.3) is 0 Å². The van der Waals surface area contributed by atoms with Gasteiger partial charge in [-0.1, -0.05) is 30.3 Å². The van der Waals surface area contributed by atoms with Gasteiger partial charge in [-0.05, 0) is 29.3 Å². The van der Waals surface area contributed by atoms with Crippen LogP contribution in [0.2, 0.25) is 0 Å². The normalized spacial score (nSPS) is 12.0. The van der Waals surface area contributed by atoms with Gasteiger partial charge in [-0.2, -0.15) is 13.2 Å². The van der Waals surface area contributed by atoms with Crippen LogP contribution in [0.5, 0.6) is 0 Å². The van der Waals surface area contributed by atoms with Gasteiger partial charge in [0.2, 0.25) is 15.9 Å². The van der Waals surface area contributed by atoms with Crippen LogP contribution in [0.15, 0.2) is 53.4 Å². The Labute approximate surface area is 160 Å². The van der Waals surface area contributed by atoms with Crippen LogP contribution in [0, 0.1) is 0 Å². The zero-order valence-electron chi connectivity index (χ0n) is 14.9. The molecule has 0 aliphatic carbocycles. The number of benzene rings is 2. The summed E-state index contributed by atoms with van der Waals surface area (Å²) >= 11 is 0. The molecule has 0 aromatic heterocycles. The van der Waals surface area contributed by atoms with Crippen molar-refractivity contribution < 1.29 is 31.1 Å². The number of methoxy groups -OCH3 is 1. The Morgan fingerprint density at radius 1 is 1.07 bits per heavy atom. The average Bonchev–Trinajstić information content (AvgIpc) is 2.65. The molecule has 10 heteroatoms. The van der Waals surface area contributed by atoms with Crippen molar-refractivity contribution in [1.29, 1.82) is 0 Å². The lowest BCUT2D eigenvalue weighted by molar-refractivity contribution is -0.137. The summed E-state index contributed by atoms with van der Waals surface area (Å²) in [5, 5.41) is 2.56. The number of sulfonamides is 1. The van der Waals surface area contributed by atoms with Gasteiger partial charge in [-0.15, -0.1) is 0 Å². The smallest absolute Gasteiger partial charge is 0.380 e. The second-order valence-electron chi connectivity index (χ2n) is 5.83. The molecular formula is C18H19F3N2O4S. The number of carbonyl (C=O) groups excluding carboxylic acids is 1. The zero-order valence-corrected chi connectivity index (χ0v) is 15.7. The highest BCUT2D eigenvalue weighted by atomic mass is 32.2. The predicted octanol–water partition coefficient (Wildman–Crippen LogP) is 2.45. The molecule has 0 aliphatic heterocycles. The van der Waals surface area contributed by atoms with Crippen LogP contribution < -0.4 is 10.0 Å². The number of nitrogens with one attached hydrogen (secondary N) is 2. The largest absolute Gasteiger partial charge is 0.416 e. The summed E-state index contributed by atoms with van der Waals surface area (Å²) in [7, 11) is -2.73. The molecule has 0 atom stereocenters. The number of carbonyl (C=O) groups is 1. The highest BCUT2D eigenvalue weighted by Crippen LogP contribution is 2.30. The van der Waals surface area contributed by atoms with E-state index in [1.807, 2.05) is 16.9 Å². The summed E-state index contributed by atoms with van der Waals surface area (Å²) < 4.78 is 69.6. The van der Waals surface area contributed by atoms with Crippen molar-refractivity contribution in [3.8, 4) is 0 Å². The van der Waals surface area contributed by atoms with E-state index in [-0.39, 0.29) is 6.54 Å². The van der Waals surface area contributed by atoms with Gasteiger partial charge in [0.25, 0.3) is 0 Å². The Kier molecular flexibility index (Phi) is 7.17. The van der Waals surface area contributed by atoms with Crippen LogP contribution in [0.3, 0.4) is 0 Å². The standard InChI is InChI=1S/C18H19F3N2O4S/c1-27-12-14-6-3-2-5-13(14)10-22-17(24)11-23-28(25,26)16-8-4-7-15(9-16)18(19,20)21/h2-9,23H,10-12H2,1H3,(H,22,24). The third kappa shape index (κ3) is 6.04. The lowest BCUT2D eigenvalue weighted by Crippen LogP contribution is -2.36. The summed E-state index contributed by atoms with van der Waals surface area (Å²) in [6, 6.07) is 10.5. The molecule has 0 fully saturated rings. The first-order valence-corrected chi connectivity index (χ1v) is 9.61. The third-order valence-corrected chi connectivity index (χ3v) is 5.19. The fourth-order valence-electron chi connectivity index (χ4n) is 2.37. The molecule has 2 aromatic rings. The molecule has 0 aliphatic rings. The molecule has 0 radical (unpaired) electrons. The van der Waals surface area contributed by atoms with E-state index in [9.17, 15) is 26.4 Å².